The highest BCUT2D eigenvalue weighted by Gasteiger charge is 2.48. The second kappa shape index (κ2) is 7.09. The maximum Gasteiger partial charge on any atom is 0.257 e. The second-order valence-electron chi connectivity index (χ2n) is 8.52. The fourth-order valence-electron chi connectivity index (χ4n) is 4.23. The van der Waals surface area contributed by atoms with E-state index >= 15 is 0 Å². The molecule has 0 atom stereocenters. The van der Waals surface area contributed by atoms with Gasteiger partial charge in [-0.1, -0.05) is 24.3 Å². The number of aromatic hydroxyl groups is 1. The smallest absolute Gasteiger partial charge is 0.257 e. The van der Waals surface area contributed by atoms with Gasteiger partial charge in [0.2, 0.25) is 5.91 Å². The molecule has 1 saturated carbocycles. The van der Waals surface area contributed by atoms with Gasteiger partial charge in [-0.3, -0.25) is 14.7 Å². The number of nitrogens with two attached hydrogens (primary N) is 1. The predicted molar refractivity (Wildman–Crippen MR) is 117 cm³/mol. The van der Waals surface area contributed by atoms with E-state index in [1.54, 1.807) is 21.9 Å². The van der Waals surface area contributed by atoms with Crippen molar-refractivity contribution in [2.75, 3.05) is 26.2 Å². The molecule has 1 aliphatic heterocycles. The summed E-state index contributed by atoms with van der Waals surface area (Å²) in [5.74, 6) is -0.322. The SMILES string of the molecule is Cc1[nH]nc2c(-c3ccc(C(=O)N4CCN(C(=O)C5(N)CC5)CC4)c(O)c3)cccc12. The van der Waals surface area contributed by atoms with E-state index in [1.165, 1.54) is 0 Å². The molecule has 31 heavy (non-hydrogen) atoms. The van der Waals surface area contributed by atoms with Crippen molar-refractivity contribution in [1.29, 1.82) is 0 Å². The number of hydrogen-bond acceptors (Lipinski definition) is 5. The number of hydrogen-bond donors (Lipinski definition) is 3. The number of rotatable bonds is 3. The first-order valence-corrected chi connectivity index (χ1v) is 10.5. The Morgan fingerprint density at radius 1 is 1.10 bits per heavy atom. The Hall–Kier alpha value is -3.39. The lowest BCUT2D eigenvalue weighted by molar-refractivity contribution is -0.135. The van der Waals surface area contributed by atoms with Gasteiger partial charge in [0.15, 0.2) is 0 Å². The molecule has 1 saturated heterocycles. The molecule has 1 aromatic heterocycles. The third kappa shape index (κ3) is 3.33. The Balaban J connectivity index is 1.33. The van der Waals surface area contributed by atoms with Crippen molar-refractivity contribution in [2.24, 2.45) is 5.73 Å². The molecule has 0 radical (unpaired) electrons. The van der Waals surface area contributed by atoms with Crippen LogP contribution in [0.4, 0.5) is 0 Å². The zero-order valence-corrected chi connectivity index (χ0v) is 17.4. The Bertz CT molecular complexity index is 1190. The van der Waals surface area contributed by atoms with E-state index in [0.717, 1.165) is 40.6 Å². The standard InChI is InChI=1S/C23H25N5O3/c1-14-16-3-2-4-17(20(16)26-25-14)15-5-6-18(19(29)13-15)21(30)27-9-11-28(12-10-27)22(31)23(24)7-8-23/h2-6,13,29H,7-12,24H2,1H3,(H,25,26). The number of para-hydroxylation sites is 1. The van der Waals surface area contributed by atoms with Gasteiger partial charge < -0.3 is 20.6 Å². The predicted octanol–water partition coefficient (Wildman–Crippen LogP) is 2.02. The van der Waals surface area contributed by atoms with Crippen LogP contribution in [-0.4, -0.2) is 68.6 Å². The number of piperazine rings is 1. The number of H-pyrrole nitrogens is 1. The van der Waals surface area contributed by atoms with Crippen molar-refractivity contribution in [3.8, 4) is 16.9 Å². The molecule has 160 valence electrons. The van der Waals surface area contributed by atoms with Gasteiger partial charge in [-0.2, -0.15) is 5.10 Å². The largest absolute Gasteiger partial charge is 0.507 e. The molecule has 2 fully saturated rings. The van der Waals surface area contributed by atoms with E-state index in [0.29, 0.717) is 26.2 Å². The van der Waals surface area contributed by atoms with E-state index in [9.17, 15) is 14.7 Å². The molecule has 0 unspecified atom stereocenters. The van der Waals surface area contributed by atoms with E-state index in [2.05, 4.69) is 10.2 Å². The number of aromatic amines is 1. The highest BCUT2D eigenvalue weighted by molar-refractivity contribution is 5.99. The van der Waals surface area contributed by atoms with E-state index in [-0.39, 0.29) is 23.1 Å². The first-order valence-electron chi connectivity index (χ1n) is 10.5. The number of carbonyl (C=O) groups excluding carboxylic acids is 2. The molecule has 3 aromatic rings. The molecule has 8 heteroatoms. The third-order valence-corrected chi connectivity index (χ3v) is 6.38. The van der Waals surface area contributed by atoms with E-state index in [4.69, 9.17) is 5.73 Å². The number of phenols is 1. The van der Waals surface area contributed by atoms with Crippen molar-refractivity contribution in [1.82, 2.24) is 20.0 Å². The van der Waals surface area contributed by atoms with Crippen LogP contribution in [0.3, 0.4) is 0 Å². The fraction of sp³-hybridized carbons (Fsp3) is 0.348. The molecular formula is C23H25N5O3. The van der Waals surface area contributed by atoms with Crippen molar-refractivity contribution in [3.63, 3.8) is 0 Å². The van der Waals surface area contributed by atoms with Crippen LogP contribution >= 0.6 is 0 Å². The number of phenolic OH excluding ortho intramolecular Hbond substituents is 1. The van der Waals surface area contributed by atoms with Gasteiger partial charge in [0, 0.05) is 42.8 Å². The normalized spacial score (nSPS) is 17.7. The Kier molecular flexibility index (Phi) is 4.48. The van der Waals surface area contributed by atoms with Crippen molar-refractivity contribution in [2.45, 2.75) is 25.3 Å². The summed E-state index contributed by atoms with van der Waals surface area (Å²) in [4.78, 5) is 28.8. The lowest BCUT2D eigenvalue weighted by atomic mass is 10.00. The number of aryl methyl sites for hydroxylation is 1. The lowest BCUT2D eigenvalue weighted by Gasteiger charge is -2.36. The van der Waals surface area contributed by atoms with E-state index in [1.807, 2.05) is 31.2 Å². The van der Waals surface area contributed by atoms with Crippen LogP contribution < -0.4 is 5.73 Å². The molecule has 4 N–H and O–H groups in total. The van der Waals surface area contributed by atoms with Crippen LogP contribution in [0.15, 0.2) is 36.4 Å². The first-order chi connectivity index (χ1) is 14.9. The lowest BCUT2D eigenvalue weighted by Crippen LogP contribution is -2.55. The Morgan fingerprint density at radius 2 is 1.81 bits per heavy atom. The second-order valence-corrected chi connectivity index (χ2v) is 8.52. The zero-order chi connectivity index (χ0) is 21.8. The molecule has 5 rings (SSSR count). The highest BCUT2D eigenvalue weighted by Crippen LogP contribution is 2.35. The summed E-state index contributed by atoms with van der Waals surface area (Å²) >= 11 is 0. The summed E-state index contributed by atoms with van der Waals surface area (Å²) in [7, 11) is 0. The monoisotopic (exact) mass is 419 g/mol. The molecule has 0 bridgehead atoms. The van der Waals surface area contributed by atoms with Crippen molar-refractivity contribution >= 4 is 22.7 Å². The van der Waals surface area contributed by atoms with Gasteiger partial charge in [-0.15, -0.1) is 0 Å². The maximum atomic E-state index is 13.0. The summed E-state index contributed by atoms with van der Waals surface area (Å²) in [6.45, 7) is 3.73. The summed E-state index contributed by atoms with van der Waals surface area (Å²) in [6, 6.07) is 11.0. The van der Waals surface area contributed by atoms with Crippen LogP contribution in [0.25, 0.3) is 22.0 Å². The first kappa shape index (κ1) is 19.6. The maximum absolute atomic E-state index is 13.0. The molecule has 2 amide bonds. The topological polar surface area (TPSA) is 116 Å². The number of fused-ring (bicyclic) bond motifs is 1. The number of nitrogens with one attached hydrogen (secondary N) is 1. The average molecular weight is 419 g/mol. The van der Waals surface area contributed by atoms with Gasteiger partial charge in [0.05, 0.1) is 11.1 Å². The molecular weight excluding hydrogens is 394 g/mol. The minimum Gasteiger partial charge on any atom is -0.507 e. The number of nitrogens with zero attached hydrogens (tertiary/aromatic N) is 3. The van der Waals surface area contributed by atoms with Gasteiger partial charge in [0.25, 0.3) is 5.91 Å². The van der Waals surface area contributed by atoms with Gasteiger partial charge in [0.1, 0.15) is 11.3 Å². The summed E-state index contributed by atoms with van der Waals surface area (Å²) < 4.78 is 0. The summed E-state index contributed by atoms with van der Waals surface area (Å²) in [5, 5.41) is 19.0. The fourth-order valence-corrected chi connectivity index (χ4v) is 4.23. The van der Waals surface area contributed by atoms with Gasteiger partial charge in [-0.25, -0.2) is 0 Å². The number of carbonyl (C=O) groups is 2. The van der Waals surface area contributed by atoms with Crippen LogP contribution in [0.2, 0.25) is 0 Å². The van der Waals surface area contributed by atoms with Gasteiger partial charge in [-0.05, 0) is 37.5 Å². The quantitative estimate of drug-likeness (QED) is 0.601. The Morgan fingerprint density at radius 3 is 2.48 bits per heavy atom. The average Bonchev–Trinajstić information content (AvgIpc) is 3.43. The zero-order valence-electron chi connectivity index (χ0n) is 17.4. The molecule has 2 heterocycles. The van der Waals surface area contributed by atoms with Crippen molar-refractivity contribution < 1.29 is 14.7 Å². The minimum absolute atomic E-state index is 0.0189. The van der Waals surface area contributed by atoms with Crippen LogP contribution in [0, 0.1) is 6.92 Å². The molecule has 1 aliphatic carbocycles. The van der Waals surface area contributed by atoms with Gasteiger partial charge >= 0.3 is 0 Å². The van der Waals surface area contributed by atoms with E-state index < -0.39 is 5.54 Å². The van der Waals surface area contributed by atoms with Crippen LogP contribution in [0.1, 0.15) is 28.9 Å². The summed E-state index contributed by atoms with van der Waals surface area (Å²) in [6.07, 6.45) is 1.47. The number of aromatic nitrogens is 2. The highest BCUT2D eigenvalue weighted by atomic mass is 16.3. The van der Waals surface area contributed by atoms with Crippen LogP contribution in [-0.2, 0) is 4.79 Å². The molecule has 2 aliphatic rings. The number of benzene rings is 2. The Labute approximate surface area is 179 Å². The van der Waals surface area contributed by atoms with Crippen molar-refractivity contribution in [3.05, 3.63) is 47.7 Å². The molecule has 8 nitrogen and oxygen atoms in total. The minimum atomic E-state index is -0.685. The molecule has 0 spiro atoms. The summed E-state index contributed by atoms with van der Waals surface area (Å²) in [5.41, 5.74) is 9.07. The molecule has 2 aromatic carbocycles. The third-order valence-electron chi connectivity index (χ3n) is 6.38. The number of amides is 2. The van der Waals surface area contributed by atoms with Crippen LogP contribution in [0.5, 0.6) is 5.75 Å².